The molecule has 2 heteroatoms. The molecule has 0 spiro atoms. The van der Waals surface area contributed by atoms with E-state index in [1.54, 1.807) is 0 Å². The summed E-state index contributed by atoms with van der Waals surface area (Å²) in [6, 6.07) is 61.8. The zero-order valence-electron chi connectivity index (χ0n) is 41.3. The Hall–Kier alpha value is -6.64. The molecule has 8 aromatic carbocycles. The molecule has 2 nitrogen and oxygen atoms in total. The maximum absolute atomic E-state index is 2.62. The molecule has 3 aliphatic carbocycles. The maximum Gasteiger partial charge on any atom is 0.0646 e. The lowest BCUT2D eigenvalue weighted by Crippen LogP contribution is -2.44. The number of allylic oxidation sites excluding steroid dienone is 2. The fourth-order valence-corrected chi connectivity index (χ4v) is 12.5. The number of hydrogen-bond donors (Lipinski definition) is 0. The highest BCUT2D eigenvalue weighted by Crippen LogP contribution is 2.55. The largest absolute Gasteiger partial charge is 0.332 e. The van der Waals surface area contributed by atoms with Gasteiger partial charge < -0.3 is 9.80 Å². The fourth-order valence-electron chi connectivity index (χ4n) is 12.5. The standard InChI is InChI=1S/C65H64N2/c1-61(2,3)59-52-35-32-46(67(43-24-16-13-17-25-43)65(11)37-36-50-48-27-19-21-29-56(48)64(9,10)58(50)41-65)39-54(52)60(62(4,5)6)51-34-31-44(38-53(51)59)66(42-22-14-12-15-23-42)45-30-33-49-47-26-18-20-28-55(47)63(7,8)57(49)40-45/h12-40H,41H2,1-11H3. The van der Waals surface area contributed by atoms with Gasteiger partial charge in [-0.1, -0.05) is 185 Å². The first-order chi connectivity index (χ1) is 31.9. The third-order valence-electron chi connectivity index (χ3n) is 15.6. The molecule has 0 saturated carbocycles. The summed E-state index contributed by atoms with van der Waals surface area (Å²) in [5.74, 6) is 0. The van der Waals surface area contributed by atoms with E-state index in [1.165, 1.54) is 94.3 Å². The lowest BCUT2D eigenvalue weighted by Gasteiger charge is -2.45. The summed E-state index contributed by atoms with van der Waals surface area (Å²) >= 11 is 0. The number of para-hydroxylation sites is 2. The summed E-state index contributed by atoms with van der Waals surface area (Å²) < 4.78 is 0. The van der Waals surface area contributed by atoms with Crippen LogP contribution in [0.2, 0.25) is 0 Å². The molecule has 0 aromatic heterocycles. The molecule has 67 heavy (non-hydrogen) atoms. The van der Waals surface area contributed by atoms with Crippen LogP contribution in [0.5, 0.6) is 0 Å². The van der Waals surface area contributed by atoms with Gasteiger partial charge in [0.25, 0.3) is 0 Å². The van der Waals surface area contributed by atoms with Crippen molar-refractivity contribution in [3.05, 3.63) is 215 Å². The molecule has 0 bridgehead atoms. The Morgan fingerprint density at radius 2 is 0.881 bits per heavy atom. The molecule has 0 saturated heterocycles. The molecule has 0 radical (unpaired) electrons. The molecule has 0 N–H and O–H groups in total. The van der Waals surface area contributed by atoms with Gasteiger partial charge in [0, 0.05) is 39.3 Å². The van der Waals surface area contributed by atoms with E-state index in [4.69, 9.17) is 0 Å². The monoisotopic (exact) mass is 873 g/mol. The van der Waals surface area contributed by atoms with Gasteiger partial charge in [0.1, 0.15) is 0 Å². The third-order valence-corrected chi connectivity index (χ3v) is 15.6. The van der Waals surface area contributed by atoms with Gasteiger partial charge in [-0.25, -0.2) is 0 Å². The van der Waals surface area contributed by atoms with Gasteiger partial charge in [-0.2, -0.15) is 0 Å². The molecular formula is C65H64N2. The zero-order valence-corrected chi connectivity index (χ0v) is 41.3. The van der Waals surface area contributed by atoms with E-state index in [2.05, 4.69) is 262 Å². The van der Waals surface area contributed by atoms with Gasteiger partial charge in [0.2, 0.25) is 0 Å². The van der Waals surface area contributed by atoms with Crippen molar-refractivity contribution in [2.45, 2.75) is 110 Å². The molecule has 334 valence electrons. The smallest absolute Gasteiger partial charge is 0.0646 e. The number of anilines is 5. The van der Waals surface area contributed by atoms with Crippen LogP contribution in [0.3, 0.4) is 0 Å². The van der Waals surface area contributed by atoms with Crippen molar-refractivity contribution in [2.24, 2.45) is 0 Å². The first kappa shape index (κ1) is 43.0. The minimum absolute atomic E-state index is 0.0540. The van der Waals surface area contributed by atoms with E-state index in [0.29, 0.717) is 0 Å². The van der Waals surface area contributed by atoms with Gasteiger partial charge in [0.05, 0.1) is 5.54 Å². The second-order valence-electron chi connectivity index (χ2n) is 22.9. The van der Waals surface area contributed by atoms with Crippen molar-refractivity contribution >= 4 is 55.6 Å². The predicted molar refractivity (Wildman–Crippen MR) is 288 cm³/mol. The zero-order chi connectivity index (χ0) is 46.8. The molecular weight excluding hydrogens is 809 g/mol. The number of rotatable bonds is 6. The summed E-state index contributed by atoms with van der Waals surface area (Å²) in [4.78, 5) is 5.09. The van der Waals surface area contributed by atoms with Crippen LogP contribution in [0.15, 0.2) is 182 Å². The third kappa shape index (κ3) is 6.65. The van der Waals surface area contributed by atoms with Gasteiger partial charge in [0.15, 0.2) is 0 Å². The highest BCUT2D eigenvalue weighted by atomic mass is 15.2. The van der Waals surface area contributed by atoms with Crippen LogP contribution in [-0.2, 0) is 21.7 Å². The molecule has 1 atom stereocenters. The minimum atomic E-state index is -0.315. The SMILES string of the molecule is CC(C)(C)c1c2ccc(N(c3ccccc3)C3(C)C=CC4=C(C3)C(C)(C)c3ccccc34)cc2c(C(C)(C)C)c2ccc(N(c3ccccc3)c3ccc4c(c3)C(C)(C)c3ccccc3-4)cc12. The topological polar surface area (TPSA) is 6.48 Å². The Bertz CT molecular complexity index is 3350. The van der Waals surface area contributed by atoms with Crippen LogP contribution >= 0.6 is 0 Å². The number of fused-ring (bicyclic) bond motifs is 7. The van der Waals surface area contributed by atoms with Crippen LogP contribution in [-0.4, -0.2) is 5.54 Å². The van der Waals surface area contributed by atoms with Crippen molar-refractivity contribution in [1.82, 2.24) is 0 Å². The van der Waals surface area contributed by atoms with E-state index in [1.807, 2.05) is 0 Å². The Morgan fingerprint density at radius 1 is 0.403 bits per heavy atom. The van der Waals surface area contributed by atoms with E-state index < -0.39 is 0 Å². The average Bonchev–Trinajstić information content (AvgIpc) is 3.66. The summed E-state index contributed by atoms with van der Waals surface area (Å²) in [7, 11) is 0. The highest BCUT2D eigenvalue weighted by Gasteiger charge is 2.45. The molecule has 0 heterocycles. The summed E-state index contributed by atoms with van der Waals surface area (Å²) in [5.41, 5.74) is 19.0. The Kier molecular flexibility index (Phi) is 9.57. The second-order valence-corrected chi connectivity index (χ2v) is 22.9. The molecule has 0 amide bonds. The van der Waals surface area contributed by atoms with Gasteiger partial charge >= 0.3 is 0 Å². The van der Waals surface area contributed by atoms with E-state index >= 15 is 0 Å². The van der Waals surface area contributed by atoms with Crippen LogP contribution in [0, 0.1) is 0 Å². The summed E-state index contributed by atoms with van der Waals surface area (Å²) in [6.07, 6.45) is 5.84. The summed E-state index contributed by atoms with van der Waals surface area (Å²) in [6.45, 7) is 26.4. The lowest BCUT2D eigenvalue weighted by atomic mass is 9.73. The van der Waals surface area contributed by atoms with Gasteiger partial charge in [-0.3, -0.25) is 0 Å². The molecule has 8 aromatic rings. The quantitative estimate of drug-likeness (QED) is 0.154. The molecule has 11 rings (SSSR count). The van der Waals surface area contributed by atoms with Crippen molar-refractivity contribution in [3.8, 4) is 11.1 Å². The second kappa shape index (κ2) is 14.9. The van der Waals surface area contributed by atoms with Gasteiger partial charge in [-0.05, 0) is 162 Å². The summed E-state index contributed by atoms with van der Waals surface area (Å²) in [5, 5.41) is 5.28. The van der Waals surface area contributed by atoms with Crippen LogP contribution in [0.1, 0.15) is 116 Å². The van der Waals surface area contributed by atoms with Crippen molar-refractivity contribution < 1.29 is 0 Å². The lowest BCUT2D eigenvalue weighted by molar-refractivity contribution is 0.501. The Labute approximate surface area is 399 Å². The molecule has 3 aliphatic rings. The average molecular weight is 873 g/mol. The predicted octanol–water partition coefficient (Wildman–Crippen LogP) is 18.0. The maximum atomic E-state index is 2.62. The molecule has 0 fully saturated rings. The van der Waals surface area contributed by atoms with Crippen molar-refractivity contribution in [1.29, 1.82) is 0 Å². The van der Waals surface area contributed by atoms with E-state index in [9.17, 15) is 0 Å². The van der Waals surface area contributed by atoms with E-state index in [-0.39, 0.29) is 27.2 Å². The number of hydrogen-bond acceptors (Lipinski definition) is 2. The molecule has 0 aliphatic heterocycles. The minimum Gasteiger partial charge on any atom is -0.332 e. The van der Waals surface area contributed by atoms with Crippen LogP contribution in [0.25, 0.3) is 38.2 Å². The Balaban J connectivity index is 1.11. The first-order valence-electron chi connectivity index (χ1n) is 24.4. The Morgan fingerprint density at radius 3 is 1.49 bits per heavy atom. The van der Waals surface area contributed by atoms with Crippen LogP contribution in [0.4, 0.5) is 28.4 Å². The van der Waals surface area contributed by atoms with Crippen molar-refractivity contribution in [2.75, 3.05) is 9.80 Å². The van der Waals surface area contributed by atoms with E-state index in [0.717, 1.165) is 17.8 Å². The van der Waals surface area contributed by atoms with Crippen molar-refractivity contribution in [3.63, 3.8) is 0 Å². The number of benzene rings is 8. The normalized spacial score (nSPS) is 17.9. The fraction of sp³-hybridized carbons (Fsp3) is 0.262. The van der Waals surface area contributed by atoms with Gasteiger partial charge in [-0.15, -0.1) is 0 Å². The number of nitrogens with zero attached hydrogens (tertiary/aromatic N) is 2. The molecule has 1 unspecified atom stereocenters. The first-order valence-corrected chi connectivity index (χ1v) is 24.4. The van der Waals surface area contributed by atoms with Crippen LogP contribution < -0.4 is 9.80 Å². The highest BCUT2D eigenvalue weighted by molar-refractivity contribution is 6.10.